The number of halogens is 1. The number of amides is 2. The van der Waals surface area contributed by atoms with Crippen molar-refractivity contribution in [3.05, 3.63) is 123 Å². The first-order valence-electron chi connectivity index (χ1n) is 12.5. The van der Waals surface area contributed by atoms with Crippen molar-refractivity contribution in [2.75, 3.05) is 0 Å². The van der Waals surface area contributed by atoms with Crippen LogP contribution in [0.2, 0.25) is 5.02 Å². The minimum absolute atomic E-state index is 0.135. The molecule has 1 aliphatic heterocycles. The van der Waals surface area contributed by atoms with Gasteiger partial charge in [-0.25, -0.2) is 0 Å². The normalized spacial score (nSPS) is 23.5. The van der Waals surface area contributed by atoms with Gasteiger partial charge in [-0.2, -0.15) is 10.1 Å². The lowest BCUT2D eigenvalue weighted by Gasteiger charge is -2.45. The number of hydrogen-bond acceptors (Lipinski definition) is 3. The fourth-order valence-corrected chi connectivity index (χ4v) is 7.04. The van der Waals surface area contributed by atoms with Gasteiger partial charge < -0.3 is 4.57 Å². The van der Waals surface area contributed by atoms with Gasteiger partial charge in [0.2, 0.25) is 0 Å². The SMILES string of the molecule is Cc1cc(/C=N\N2C(=O)[C@H]3C4c5ccccc5C(c5ccccc54)[C@@H]3C2=O)c(C)n1-c1ccccc1Cl. The van der Waals surface area contributed by atoms with E-state index in [0.29, 0.717) is 5.02 Å². The number of benzene rings is 3. The summed E-state index contributed by atoms with van der Waals surface area (Å²) in [5.74, 6) is -1.57. The molecule has 0 radical (unpaired) electrons. The van der Waals surface area contributed by atoms with Crippen molar-refractivity contribution >= 4 is 29.6 Å². The van der Waals surface area contributed by atoms with Crippen LogP contribution < -0.4 is 0 Å². The molecule has 3 aromatic carbocycles. The lowest BCUT2D eigenvalue weighted by molar-refractivity contribution is -0.139. The monoisotopic (exact) mass is 505 g/mol. The Morgan fingerprint density at radius 2 is 1.24 bits per heavy atom. The molecule has 4 aromatic rings. The molecule has 2 bridgehead atoms. The third-order valence-electron chi connectivity index (χ3n) is 8.30. The average molecular weight is 506 g/mol. The Hall–Kier alpha value is -3.96. The minimum Gasteiger partial charge on any atom is -0.316 e. The molecule has 6 heteroatoms. The highest BCUT2D eigenvalue weighted by Gasteiger charge is 2.61. The first-order valence-corrected chi connectivity index (χ1v) is 12.9. The molecule has 3 aliphatic carbocycles. The van der Waals surface area contributed by atoms with Gasteiger partial charge >= 0.3 is 0 Å². The standard InChI is InChI=1S/C31H24ClN3O2/c1-17-15-19(18(2)34(17)25-14-8-7-13-24(25)32)16-33-35-30(36)28-26-20-9-3-4-10-21(20)27(29(28)31(35)37)23-12-6-5-11-22(23)26/h3-16,26-29H,1-2H3/b33-16-/t26?,27?,28-,29-/m0/s1. The maximum Gasteiger partial charge on any atom is 0.254 e. The second-order valence-corrected chi connectivity index (χ2v) is 10.5. The molecule has 0 unspecified atom stereocenters. The van der Waals surface area contributed by atoms with Crippen LogP contribution in [0.4, 0.5) is 0 Å². The Morgan fingerprint density at radius 1 is 0.757 bits per heavy atom. The highest BCUT2D eigenvalue weighted by atomic mass is 35.5. The lowest BCUT2D eigenvalue weighted by Crippen LogP contribution is -2.41. The molecule has 182 valence electrons. The van der Waals surface area contributed by atoms with Gasteiger partial charge in [0, 0.05) is 28.8 Å². The fraction of sp³-hybridized carbons (Fsp3) is 0.194. The molecule has 0 N–H and O–H groups in total. The van der Waals surface area contributed by atoms with Gasteiger partial charge in [-0.05, 0) is 54.3 Å². The van der Waals surface area contributed by atoms with E-state index >= 15 is 0 Å². The van der Waals surface area contributed by atoms with Crippen molar-refractivity contribution in [3.8, 4) is 5.69 Å². The summed E-state index contributed by atoms with van der Waals surface area (Å²) in [7, 11) is 0. The minimum atomic E-state index is -0.435. The zero-order valence-electron chi connectivity index (χ0n) is 20.4. The topological polar surface area (TPSA) is 54.7 Å². The first-order chi connectivity index (χ1) is 18.0. The molecule has 8 rings (SSSR count). The van der Waals surface area contributed by atoms with Crippen LogP contribution in [0.3, 0.4) is 0 Å². The van der Waals surface area contributed by atoms with E-state index in [9.17, 15) is 9.59 Å². The largest absolute Gasteiger partial charge is 0.316 e. The fourth-order valence-electron chi connectivity index (χ4n) is 6.82. The number of rotatable bonds is 3. The van der Waals surface area contributed by atoms with Crippen molar-refractivity contribution in [1.82, 2.24) is 9.58 Å². The van der Waals surface area contributed by atoms with E-state index in [-0.39, 0.29) is 23.7 Å². The van der Waals surface area contributed by atoms with Gasteiger partial charge in [-0.3, -0.25) is 9.59 Å². The Morgan fingerprint density at radius 3 is 1.76 bits per heavy atom. The van der Waals surface area contributed by atoms with Crippen LogP contribution in [-0.2, 0) is 9.59 Å². The molecule has 0 spiro atoms. The van der Waals surface area contributed by atoms with E-state index in [4.69, 9.17) is 11.6 Å². The number of para-hydroxylation sites is 1. The molecule has 1 aromatic heterocycles. The van der Waals surface area contributed by atoms with Crippen LogP contribution in [0, 0.1) is 25.7 Å². The summed E-state index contributed by atoms with van der Waals surface area (Å²) in [4.78, 5) is 27.5. The Balaban J connectivity index is 1.28. The summed E-state index contributed by atoms with van der Waals surface area (Å²) in [6.07, 6.45) is 1.63. The van der Waals surface area contributed by atoms with E-state index < -0.39 is 11.8 Å². The maximum absolute atomic E-state index is 13.8. The third kappa shape index (κ3) is 3.01. The van der Waals surface area contributed by atoms with Gasteiger partial charge in [-0.1, -0.05) is 72.3 Å². The van der Waals surface area contributed by atoms with Crippen LogP contribution in [0.15, 0.2) is 84.0 Å². The van der Waals surface area contributed by atoms with Gasteiger partial charge in [0.1, 0.15) is 0 Å². The van der Waals surface area contributed by atoms with Gasteiger partial charge in [0.05, 0.1) is 28.8 Å². The highest BCUT2D eigenvalue weighted by Crippen LogP contribution is 2.60. The van der Waals surface area contributed by atoms with Crippen LogP contribution in [0.25, 0.3) is 5.69 Å². The van der Waals surface area contributed by atoms with Crippen molar-refractivity contribution in [1.29, 1.82) is 0 Å². The third-order valence-corrected chi connectivity index (χ3v) is 8.62. The quantitative estimate of drug-likeness (QED) is 0.254. The molecular formula is C31H24ClN3O2. The number of imide groups is 1. The number of nitrogens with zero attached hydrogens (tertiary/aromatic N) is 3. The molecule has 4 aliphatic rings. The first kappa shape index (κ1) is 22.3. The summed E-state index contributed by atoms with van der Waals surface area (Å²) < 4.78 is 2.06. The summed E-state index contributed by atoms with van der Waals surface area (Å²) in [5, 5.41) is 6.27. The van der Waals surface area contributed by atoms with Crippen LogP contribution in [0.1, 0.15) is 51.0 Å². The van der Waals surface area contributed by atoms with Crippen molar-refractivity contribution in [2.24, 2.45) is 16.9 Å². The molecular weight excluding hydrogens is 482 g/mol. The lowest BCUT2D eigenvalue weighted by atomic mass is 9.55. The molecule has 0 saturated carbocycles. The Kier molecular flexibility index (Phi) is 4.82. The maximum atomic E-state index is 13.8. The van der Waals surface area contributed by atoms with Crippen LogP contribution >= 0.6 is 11.6 Å². The van der Waals surface area contributed by atoms with E-state index in [1.807, 2.05) is 68.4 Å². The van der Waals surface area contributed by atoms with Crippen molar-refractivity contribution in [2.45, 2.75) is 25.7 Å². The zero-order chi connectivity index (χ0) is 25.4. The van der Waals surface area contributed by atoms with Crippen molar-refractivity contribution < 1.29 is 9.59 Å². The molecule has 37 heavy (non-hydrogen) atoms. The highest BCUT2D eigenvalue weighted by molar-refractivity contribution is 6.32. The molecule has 2 atom stereocenters. The van der Waals surface area contributed by atoms with Crippen LogP contribution in [0.5, 0.6) is 0 Å². The van der Waals surface area contributed by atoms with E-state index in [1.54, 1.807) is 6.21 Å². The van der Waals surface area contributed by atoms with Crippen LogP contribution in [-0.4, -0.2) is 27.6 Å². The predicted molar refractivity (Wildman–Crippen MR) is 143 cm³/mol. The number of hydrazone groups is 1. The van der Waals surface area contributed by atoms with E-state index in [0.717, 1.165) is 49.9 Å². The molecule has 2 amide bonds. The molecule has 1 fully saturated rings. The number of aromatic nitrogens is 1. The smallest absolute Gasteiger partial charge is 0.254 e. The number of carbonyl (C=O) groups excluding carboxylic acids is 2. The summed E-state index contributed by atoms with van der Waals surface area (Å²) in [6.45, 7) is 3.99. The summed E-state index contributed by atoms with van der Waals surface area (Å²) >= 11 is 6.46. The van der Waals surface area contributed by atoms with Gasteiger partial charge in [0.25, 0.3) is 11.8 Å². The molecule has 5 nitrogen and oxygen atoms in total. The molecule has 2 heterocycles. The van der Waals surface area contributed by atoms with Gasteiger partial charge in [0.15, 0.2) is 0 Å². The Labute approximate surface area is 220 Å². The Bertz CT molecular complexity index is 1540. The predicted octanol–water partition coefficient (Wildman–Crippen LogP) is 5.97. The second-order valence-electron chi connectivity index (χ2n) is 10.1. The molecule has 1 saturated heterocycles. The average Bonchev–Trinajstić information content (AvgIpc) is 3.34. The number of aryl methyl sites for hydroxylation is 1. The van der Waals surface area contributed by atoms with E-state index in [2.05, 4.69) is 33.9 Å². The van der Waals surface area contributed by atoms with Crippen molar-refractivity contribution in [3.63, 3.8) is 0 Å². The summed E-state index contributed by atoms with van der Waals surface area (Å²) in [5.41, 5.74) is 8.26. The second kappa shape index (κ2) is 8.02. The number of carbonyl (C=O) groups is 2. The summed E-state index contributed by atoms with van der Waals surface area (Å²) in [6, 6.07) is 26.1. The van der Waals surface area contributed by atoms with Gasteiger partial charge in [-0.15, -0.1) is 0 Å². The zero-order valence-corrected chi connectivity index (χ0v) is 21.2. The number of hydrogen-bond donors (Lipinski definition) is 0. The van der Waals surface area contributed by atoms with E-state index in [1.165, 1.54) is 0 Å².